The fourth-order valence-electron chi connectivity index (χ4n) is 2.91. The molecular formula is C15H24FN3. The van der Waals surface area contributed by atoms with Crippen molar-refractivity contribution in [2.24, 2.45) is 5.73 Å². The van der Waals surface area contributed by atoms with Crippen LogP contribution in [0.15, 0.2) is 18.2 Å². The van der Waals surface area contributed by atoms with Gasteiger partial charge in [0.25, 0.3) is 0 Å². The minimum absolute atomic E-state index is 0.154. The van der Waals surface area contributed by atoms with E-state index in [1.54, 1.807) is 6.07 Å². The second-order valence-corrected chi connectivity index (χ2v) is 5.62. The number of benzene rings is 1. The van der Waals surface area contributed by atoms with Crippen LogP contribution in [0.25, 0.3) is 0 Å². The molecule has 0 spiro atoms. The lowest BCUT2D eigenvalue weighted by molar-refractivity contribution is 0.337. The summed E-state index contributed by atoms with van der Waals surface area (Å²) >= 11 is 0. The Morgan fingerprint density at radius 1 is 1.37 bits per heavy atom. The highest BCUT2D eigenvalue weighted by Gasteiger charge is 2.25. The Labute approximate surface area is 115 Å². The molecule has 1 aromatic rings. The lowest BCUT2D eigenvalue weighted by Gasteiger charge is -2.32. The van der Waals surface area contributed by atoms with Gasteiger partial charge in [-0.25, -0.2) is 4.39 Å². The first-order valence-electron chi connectivity index (χ1n) is 7.00. The minimum atomic E-state index is -0.161. The number of nitrogens with two attached hydrogens (primary N) is 1. The van der Waals surface area contributed by atoms with Gasteiger partial charge in [0.2, 0.25) is 0 Å². The smallest absolute Gasteiger partial charge is 0.146 e. The number of para-hydroxylation sites is 1. The van der Waals surface area contributed by atoms with Gasteiger partial charge in [-0.2, -0.15) is 0 Å². The molecule has 3 nitrogen and oxygen atoms in total. The summed E-state index contributed by atoms with van der Waals surface area (Å²) in [5.74, 6) is -0.161. The first-order chi connectivity index (χ1) is 9.00. The molecule has 19 heavy (non-hydrogen) atoms. The second kappa shape index (κ2) is 5.88. The zero-order valence-corrected chi connectivity index (χ0v) is 12.1. The molecule has 1 unspecified atom stereocenters. The first-order valence-corrected chi connectivity index (χ1v) is 7.00. The van der Waals surface area contributed by atoms with Crippen molar-refractivity contribution >= 4 is 5.69 Å². The molecule has 0 amide bonds. The molecule has 1 saturated heterocycles. The lowest BCUT2D eigenvalue weighted by Crippen LogP contribution is -2.39. The SMILES string of the molecule is CC1CN(C)CCCN1c1c(F)cccc1[C@H](C)N. The fraction of sp³-hybridized carbons (Fsp3) is 0.600. The van der Waals surface area contributed by atoms with Gasteiger partial charge in [0, 0.05) is 25.2 Å². The molecule has 0 saturated carbocycles. The average Bonchev–Trinajstić information content (AvgIpc) is 2.50. The molecule has 2 N–H and O–H groups in total. The van der Waals surface area contributed by atoms with Gasteiger partial charge < -0.3 is 15.5 Å². The van der Waals surface area contributed by atoms with Crippen molar-refractivity contribution in [3.05, 3.63) is 29.6 Å². The molecule has 1 aliphatic rings. The number of halogens is 1. The number of nitrogens with zero attached hydrogens (tertiary/aromatic N) is 2. The lowest BCUT2D eigenvalue weighted by atomic mass is 10.0. The molecule has 1 aliphatic heterocycles. The van der Waals surface area contributed by atoms with Crippen LogP contribution in [0, 0.1) is 5.82 Å². The normalized spacial score (nSPS) is 23.2. The maximum absolute atomic E-state index is 14.3. The Bertz CT molecular complexity index is 433. The van der Waals surface area contributed by atoms with Crippen LogP contribution in [0.5, 0.6) is 0 Å². The average molecular weight is 265 g/mol. The molecular weight excluding hydrogens is 241 g/mol. The first kappa shape index (κ1) is 14.3. The van der Waals surface area contributed by atoms with E-state index in [9.17, 15) is 4.39 Å². The minimum Gasteiger partial charge on any atom is -0.365 e. The quantitative estimate of drug-likeness (QED) is 0.891. The Balaban J connectivity index is 2.39. The van der Waals surface area contributed by atoms with E-state index in [1.807, 2.05) is 13.0 Å². The molecule has 4 heteroatoms. The van der Waals surface area contributed by atoms with Crippen molar-refractivity contribution in [3.63, 3.8) is 0 Å². The van der Waals surface area contributed by atoms with E-state index in [1.165, 1.54) is 6.07 Å². The molecule has 1 aromatic carbocycles. The third-order valence-electron chi connectivity index (χ3n) is 3.84. The highest BCUT2D eigenvalue weighted by Crippen LogP contribution is 2.31. The van der Waals surface area contributed by atoms with Crippen LogP contribution in [0.3, 0.4) is 0 Å². The van der Waals surface area contributed by atoms with E-state index in [2.05, 4.69) is 23.8 Å². The molecule has 0 bridgehead atoms. The largest absolute Gasteiger partial charge is 0.365 e. The van der Waals surface area contributed by atoms with Gasteiger partial charge in [-0.05, 0) is 45.5 Å². The maximum Gasteiger partial charge on any atom is 0.146 e. The maximum atomic E-state index is 14.3. The second-order valence-electron chi connectivity index (χ2n) is 5.62. The van der Waals surface area contributed by atoms with Crippen LogP contribution in [0.4, 0.5) is 10.1 Å². The molecule has 106 valence electrons. The zero-order valence-electron chi connectivity index (χ0n) is 12.1. The van der Waals surface area contributed by atoms with E-state index < -0.39 is 0 Å². The van der Waals surface area contributed by atoms with Crippen LogP contribution in [0.2, 0.25) is 0 Å². The highest BCUT2D eigenvalue weighted by atomic mass is 19.1. The van der Waals surface area contributed by atoms with Crippen molar-refractivity contribution in [1.29, 1.82) is 0 Å². The molecule has 0 radical (unpaired) electrons. The monoisotopic (exact) mass is 265 g/mol. The van der Waals surface area contributed by atoms with Crippen LogP contribution < -0.4 is 10.6 Å². The summed E-state index contributed by atoms with van der Waals surface area (Å²) < 4.78 is 14.3. The summed E-state index contributed by atoms with van der Waals surface area (Å²) in [6.45, 7) is 6.95. The van der Waals surface area contributed by atoms with Crippen molar-refractivity contribution in [2.75, 3.05) is 31.6 Å². The summed E-state index contributed by atoms with van der Waals surface area (Å²) in [7, 11) is 2.12. The topological polar surface area (TPSA) is 32.5 Å². The van der Waals surface area contributed by atoms with E-state index in [0.717, 1.165) is 31.6 Å². The summed E-state index contributed by atoms with van der Waals surface area (Å²) in [5.41, 5.74) is 7.59. The predicted molar refractivity (Wildman–Crippen MR) is 77.9 cm³/mol. The van der Waals surface area contributed by atoms with Gasteiger partial charge in [-0.3, -0.25) is 0 Å². The number of rotatable bonds is 2. The van der Waals surface area contributed by atoms with Crippen LogP contribution in [0.1, 0.15) is 31.9 Å². The van der Waals surface area contributed by atoms with Crippen LogP contribution in [-0.4, -0.2) is 37.6 Å². The molecule has 0 aromatic heterocycles. The summed E-state index contributed by atoms with van der Waals surface area (Å²) in [4.78, 5) is 4.48. The number of hydrogen-bond acceptors (Lipinski definition) is 3. The predicted octanol–water partition coefficient (Wildman–Crippen LogP) is 2.38. The Hall–Kier alpha value is -1.13. The Kier molecular flexibility index (Phi) is 4.42. The molecule has 2 atom stereocenters. The van der Waals surface area contributed by atoms with Crippen LogP contribution >= 0.6 is 0 Å². The van der Waals surface area contributed by atoms with Crippen LogP contribution in [-0.2, 0) is 0 Å². The third kappa shape index (κ3) is 3.07. The van der Waals surface area contributed by atoms with Crippen molar-refractivity contribution in [2.45, 2.75) is 32.4 Å². The molecule has 1 fully saturated rings. The van der Waals surface area contributed by atoms with Gasteiger partial charge in [-0.15, -0.1) is 0 Å². The molecule has 0 aliphatic carbocycles. The molecule has 2 rings (SSSR count). The fourth-order valence-corrected chi connectivity index (χ4v) is 2.91. The van der Waals surface area contributed by atoms with Gasteiger partial charge >= 0.3 is 0 Å². The van der Waals surface area contributed by atoms with Crippen molar-refractivity contribution in [3.8, 4) is 0 Å². The van der Waals surface area contributed by atoms with Crippen molar-refractivity contribution < 1.29 is 4.39 Å². The van der Waals surface area contributed by atoms with Gasteiger partial charge in [-0.1, -0.05) is 12.1 Å². The third-order valence-corrected chi connectivity index (χ3v) is 3.84. The zero-order chi connectivity index (χ0) is 14.0. The van der Waals surface area contributed by atoms with E-state index >= 15 is 0 Å². The number of hydrogen-bond donors (Lipinski definition) is 1. The summed E-state index contributed by atoms with van der Waals surface area (Å²) in [5, 5.41) is 0. The molecule has 1 heterocycles. The number of anilines is 1. The summed E-state index contributed by atoms with van der Waals surface area (Å²) in [6.07, 6.45) is 1.05. The number of likely N-dealkylation sites (N-methyl/N-ethyl adjacent to an activating group) is 1. The van der Waals surface area contributed by atoms with E-state index in [4.69, 9.17) is 5.73 Å². The van der Waals surface area contributed by atoms with E-state index in [-0.39, 0.29) is 11.9 Å². The van der Waals surface area contributed by atoms with E-state index in [0.29, 0.717) is 11.7 Å². The Morgan fingerprint density at radius 3 is 2.79 bits per heavy atom. The van der Waals surface area contributed by atoms with Gasteiger partial charge in [0.1, 0.15) is 5.82 Å². The Morgan fingerprint density at radius 2 is 2.11 bits per heavy atom. The van der Waals surface area contributed by atoms with Gasteiger partial charge in [0.15, 0.2) is 0 Å². The summed E-state index contributed by atoms with van der Waals surface area (Å²) in [6, 6.07) is 5.35. The standard InChI is InChI=1S/C15H24FN3/c1-11-10-18(3)8-5-9-19(11)15-13(12(2)17)6-4-7-14(15)16/h4,6-7,11-12H,5,8-10,17H2,1-3H3/t11?,12-/m0/s1. The van der Waals surface area contributed by atoms with Crippen molar-refractivity contribution in [1.82, 2.24) is 4.90 Å². The highest BCUT2D eigenvalue weighted by molar-refractivity contribution is 5.57. The van der Waals surface area contributed by atoms with Gasteiger partial charge in [0.05, 0.1) is 5.69 Å².